The number of halogens is 2. The van der Waals surface area contributed by atoms with Crippen molar-refractivity contribution in [2.75, 3.05) is 6.54 Å². The van der Waals surface area contributed by atoms with Crippen LogP contribution in [0.25, 0.3) is 0 Å². The van der Waals surface area contributed by atoms with Gasteiger partial charge < -0.3 is 9.73 Å². The van der Waals surface area contributed by atoms with Crippen LogP contribution in [0.5, 0.6) is 0 Å². The number of aryl methyl sites for hydroxylation is 1. The summed E-state index contributed by atoms with van der Waals surface area (Å²) >= 11 is 6.02. The van der Waals surface area contributed by atoms with E-state index in [0.29, 0.717) is 0 Å². The Bertz CT molecular complexity index is 1100. The minimum Gasteiger partial charge on any atom is -0.468 e. The number of hydrogen-bond donors (Lipinski definition) is 1. The van der Waals surface area contributed by atoms with E-state index < -0.39 is 26.8 Å². The summed E-state index contributed by atoms with van der Waals surface area (Å²) < 4.78 is 45.1. The van der Waals surface area contributed by atoms with Crippen LogP contribution in [0, 0.1) is 12.7 Å². The number of nitrogens with one attached hydrogen (secondary N) is 1. The van der Waals surface area contributed by atoms with Crippen LogP contribution in [0.15, 0.2) is 70.2 Å². The summed E-state index contributed by atoms with van der Waals surface area (Å²) in [5.74, 6) is -0.838. The average Bonchev–Trinajstić information content (AvgIpc) is 3.18. The Labute approximate surface area is 167 Å². The lowest BCUT2D eigenvalue weighted by molar-refractivity contribution is 0.0953. The van der Waals surface area contributed by atoms with Crippen molar-refractivity contribution in [2.24, 2.45) is 0 Å². The Hall–Kier alpha value is -2.64. The largest absolute Gasteiger partial charge is 0.468 e. The first-order chi connectivity index (χ1) is 13.3. The van der Waals surface area contributed by atoms with Gasteiger partial charge in [0.15, 0.2) is 9.84 Å². The van der Waals surface area contributed by atoms with E-state index in [9.17, 15) is 17.6 Å². The van der Waals surface area contributed by atoms with Crippen molar-refractivity contribution in [3.8, 4) is 0 Å². The fourth-order valence-corrected chi connectivity index (χ4v) is 4.61. The Kier molecular flexibility index (Phi) is 5.86. The lowest BCUT2D eigenvalue weighted by Gasteiger charge is -2.17. The summed E-state index contributed by atoms with van der Waals surface area (Å²) in [5.41, 5.74) is 0.441. The number of rotatable bonds is 6. The molecule has 0 saturated carbocycles. The van der Waals surface area contributed by atoms with Gasteiger partial charge in [0.25, 0.3) is 5.91 Å². The van der Waals surface area contributed by atoms with E-state index in [1.165, 1.54) is 37.5 Å². The smallest absolute Gasteiger partial charge is 0.252 e. The fourth-order valence-electron chi connectivity index (χ4n) is 2.72. The number of benzene rings is 2. The minimum atomic E-state index is -3.96. The molecule has 0 aliphatic rings. The highest BCUT2D eigenvalue weighted by atomic mass is 35.5. The van der Waals surface area contributed by atoms with Crippen molar-refractivity contribution in [1.29, 1.82) is 0 Å². The molecule has 1 aromatic heterocycles. The van der Waals surface area contributed by atoms with E-state index in [-0.39, 0.29) is 33.4 Å². The summed E-state index contributed by atoms with van der Waals surface area (Å²) in [6.45, 7) is 1.24. The second-order valence-corrected chi connectivity index (χ2v) is 8.69. The van der Waals surface area contributed by atoms with Crippen molar-refractivity contribution in [3.63, 3.8) is 0 Å². The van der Waals surface area contributed by atoms with E-state index in [4.69, 9.17) is 16.0 Å². The maximum atomic E-state index is 13.6. The molecule has 0 fully saturated rings. The van der Waals surface area contributed by atoms with Gasteiger partial charge in [0, 0.05) is 6.54 Å². The molecule has 0 saturated heterocycles. The van der Waals surface area contributed by atoms with E-state index in [2.05, 4.69) is 5.32 Å². The molecule has 1 heterocycles. The number of sulfone groups is 1. The predicted molar refractivity (Wildman–Crippen MR) is 104 cm³/mol. The van der Waals surface area contributed by atoms with Crippen LogP contribution in [-0.4, -0.2) is 20.9 Å². The molecule has 8 heteroatoms. The maximum Gasteiger partial charge on any atom is 0.252 e. The molecule has 146 valence electrons. The minimum absolute atomic E-state index is 0.0557. The van der Waals surface area contributed by atoms with Crippen LogP contribution < -0.4 is 5.32 Å². The summed E-state index contributed by atoms with van der Waals surface area (Å²) in [4.78, 5) is 12.4. The summed E-state index contributed by atoms with van der Waals surface area (Å²) in [5, 5.41) is 1.67. The zero-order chi connectivity index (χ0) is 20.3. The van der Waals surface area contributed by atoms with Crippen molar-refractivity contribution >= 4 is 27.3 Å². The van der Waals surface area contributed by atoms with Crippen molar-refractivity contribution in [1.82, 2.24) is 5.32 Å². The monoisotopic (exact) mass is 421 g/mol. The van der Waals surface area contributed by atoms with Crippen LogP contribution in [0.1, 0.15) is 26.9 Å². The first-order valence-corrected chi connectivity index (χ1v) is 10.3. The Balaban J connectivity index is 1.91. The lowest BCUT2D eigenvalue weighted by Crippen LogP contribution is -2.32. The van der Waals surface area contributed by atoms with Crippen LogP contribution >= 0.6 is 11.6 Å². The second kappa shape index (κ2) is 8.16. The fraction of sp³-hybridized carbons (Fsp3) is 0.150. The molecule has 0 aliphatic carbocycles. The number of amides is 1. The third-order valence-corrected chi connectivity index (χ3v) is 6.65. The van der Waals surface area contributed by atoms with Crippen molar-refractivity contribution in [3.05, 3.63) is 88.6 Å². The summed E-state index contributed by atoms with van der Waals surface area (Å²) in [6.07, 6.45) is 1.35. The molecule has 0 spiro atoms. The first kappa shape index (κ1) is 20.1. The quantitative estimate of drug-likeness (QED) is 0.601. The first-order valence-electron chi connectivity index (χ1n) is 8.37. The third-order valence-electron chi connectivity index (χ3n) is 4.26. The van der Waals surface area contributed by atoms with Gasteiger partial charge in [-0.25, -0.2) is 12.8 Å². The standard InChI is InChI=1S/C20H17ClFNO4S/c1-13-11-14(8-9-17(13)22)28(25,26)19(18-7-4-10-27-18)12-23-20(24)15-5-2-3-6-16(15)21/h2-11,19H,12H2,1H3,(H,23,24)/t19-/m0/s1. The van der Waals surface area contributed by atoms with Crippen molar-refractivity contribution in [2.45, 2.75) is 17.1 Å². The van der Waals surface area contributed by atoms with Gasteiger partial charge >= 0.3 is 0 Å². The van der Waals surface area contributed by atoms with E-state index in [1.54, 1.807) is 24.3 Å². The molecule has 28 heavy (non-hydrogen) atoms. The number of carbonyl (C=O) groups is 1. The Morgan fingerprint density at radius 2 is 1.93 bits per heavy atom. The molecule has 0 unspecified atom stereocenters. The van der Waals surface area contributed by atoms with Gasteiger partial charge in [-0.2, -0.15) is 0 Å². The molecule has 5 nitrogen and oxygen atoms in total. The second-order valence-electron chi connectivity index (χ2n) is 6.15. The molecule has 0 aliphatic heterocycles. The molecule has 1 N–H and O–H groups in total. The molecule has 1 amide bonds. The van der Waals surface area contributed by atoms with Crippen LogP contribution in [0.2, 0.25) is 5.02 Å². The molecule has 0 bridgehead atoms. The average molecular weight is 422 g/mol. The Morgan fingerprint density at radius 1 is 1.18 bits per heavy atom. The zero-order valence-corrected chi connectivity index (χ0v) is 16.4. The lowest BCUT2D eigenvalue weighted by atomic mass is 10.2. The van der Waals surface area contributed by atoms with Crippen molar-refractivity contribution < 1.29 is 22.0 Å². The van der Waals surface area contributed by atoms with Crippen LogP contribution in [-0.2, 0) is 9.84 Å². The van der Waals surface area contributed by atoms with Gasteiger partial charge in [-0.1, -0.05) is 23.7 Å². The molecular formula is C20H17ClFNO4S. The molecule has 1 atom stereocenters. The molecule has 0 radical (unpaired) electrons. The van der Waals surface area contributed by atoms with Gasteiger partial charge in [0.1, 0.15) is 16.8 Å². The van der Waals surface area contributed by atoms with E-state index in [1.807, 2.05) is 0 Å². The van der Waals surface area contributed by atoms with Gasteiger partial charge in [-0.15, -0.1) is 0 Å². The van der Waals surface area contributed by atoms with E-state index >= 15 is 0 Å². The Morgan fingerprint density at radius 3 is 2.57 bits per heavy atom. The molecule has 2 aromatic carbocycles. The number of furan rings is 1. The summed E-state index contributed by atoms with van der Waals surface area (Å²) in [6, 6.07) is 13.1. The van der Waals surface area contributed by atoms with E-state index in [0.717, 1.165) is 6.07 Å². The predicted octanol–water partition coefficient (Wildman–Crippen LogP) is 4.33. The molecular weight excluding hydrogens is 405 g/mol. The molecule has 3 aromatic rings. The zero-order valence-electron chi connectivity index (χ0n) is 14.9. The van der Waals surface area contributed by atoms with Gasteiger partial charge in [0.2, 0.25) is 0 Å². The molecule has 3 rings (SSSR count). The van der Waals surface area contributed by atoms with Gasteiger partial charge in [-0.3, -0.25) is 4.79 Å². The highest BCUT2D eigenvalue weighted by molar-refractivity contribution is 7.91. The highest BCUT2D eigenvalue weighted by Crippen LogP contribution is 2.30. The van der Waals surface area contributed by atoms with Gasteiger partial charge in [0.05, 0.1) is 21.7 Å². The SMILES string of the molecule is Cc1cc(S(=O)(=O)[C@@H](CNC(=O)c2ccccc2Cl)c2ccco2)ccc1F. The summed E-state index contributed by atoms with van der Waals surface area (Å²) in [7, 11) is -3.96. The third kappa shape index (κ3) is 4.10. The number of carbonyl (C=O) groups excluding carboxylic acids is 1. The van der Waals surface area contributed by atoms with Gasteiger partial charge in [-0.05, 0) is 55.0 Å². The normalized spacial score (nSPS) is 12.5. The highest BCUT2D eigenvalue weighted by Gasteiger charge is 2.32. The van der Waals surface area contributed by atoms with Crippen LogP contribution in [0.3, 0.4) is 0 Å². The maximum absolute atomic E-state index is 13.6. The van der Waals surface area contributed by atoms with Crippen LogP contribution in [0.4, 0.5) is 4.39 Å². The number of hydrogen-bond acceptors (Lipinski definition) is 4. The topological polar surface area (TPSA) is 76.4 Å².